The van der Waals surface area contributed by atoms with Crippen LogP contribution in [0.2, 0.25) is 0 Å². The Bertz CT molecular complexity index is 1160. The Morgan fingerprint density at radius 2 is 1.73 bits per heavy atom. The first kappa shape index (κ1) is 30.9. The van der Waals surface area contributed by atoms with E-state index in [0.717, 1.165) is 23.7 Å². The number of hydrogen-bond acceptors (Lipinski definition) is 0. The fraction of sp³-hybridized carbons (Fsp3) is 0.650. The maximum atomic E-state index is 4.27. The molecule has 218 valence electrons. The van der Waals surface area contributed by atoms with Gasteiger partial charge >= 0.3 is 0 Å². The van der Waals surface area contributed by atoms with E-state index in [1.54, 1.807) is 16.7 Å². The molecule has 0 N–H and O–H groups in total. The molecular weight excluding hydrogens is 480 g/mol. The third-order valence-electron chi connectivity index (χ3n) is 12.8. The van der Waals surface area contributed by atoms with Gasteiger partial charge in [-0.1, -0.05) is 108 Å². The van der Waals surface area contributed by atoms with Crippen molar-refractivity contribution in [3.63, 3.8) is 0 Å². The van der Waals surface area contributed by atoms with E-state index in [2.05, 4.69) is 98.2 Å². The van der Waals surface area contributed by atoms with Gasteiger partial charge in [0.15, 0.2) is 0 Å². The summed E-state index contributed by atoms with van der Waals surface area (Å²) in [6.45, 7) is 21.3. The fourth-order valence-electron chi connectivity index (χ4n) is 10.5. The molecule has 6 rings (SSSR count). The Hall–Kier alpha value is -2.00. The molecule has 0 spiro atoms. The Labute approximate surface area is 248 Å². The van der Waals surface area contributed by atoms with Gasteiger partial charge < -0.3 is 0 Å². The first-order chi connectivity index (χ1) is 19.1. The molecule has 0 heteroatoms. The third kappa shape index (κ3) is 5.10. The highest BCUT2D eigenvalue weighted by atomic mass is 14.6. The molecule has 0 amide bonds. The van der Waals surface area contributed by atoms with Gasteiger partial charge in [-0.15, -0.1) is 12.8 Å². The van der Waals surface area contributed by atoms with Crippen LogP contribution in [0, 0.1) is 54.3 Å². The second-order valence-electron chi connectivity index (χ2n) is 14.7. The van der Waals surface area contributed by atoms with Crippen LogP contribution in [-0.4, -0.2) is 0 Å². The van der Waals surface area contributed by atoms with Crippen LogP contribution < -0.4 is 0 Å². The highest BCUT2D eigenvalue weighted by Crippen LogP contribution is 2.66. The average molecular weight is 539 g/mol. The van der Waals surface area contributed by atoms with Crippen molar-refractivity contribution in [3.05, 3.63) is 70.3 Å². The van der Waals surface area contributed by atoms with Gasteiger partial charge in [0.05, 0.1) is 0 Å². The van der Waals surface area contributed by atoms with Gasteiger partial charge in [-0.2, -0.15) is 0 Å². The maximum Gasteiger partial charge on any atom is -0.00384 e. The van der Waals surface area contributed by atoms with Crippen molar-refractivity contribution < 1.29 is 0 Å². The van der Waals surface area contributed by atoms with Crippen LogP contribution in [0.5, 0.6) is 0 Å². The minimum atomic E-state index is 0.390. The zero-order valence-corrected chi connectivity index (χ0v) is 27.0. The number of terminal acetylenes is 1. The molecule has 6 unspecified atom stereocenters. The molecular formula is C40H58. The van der Waals surface area contributed by atoms with Crippen LogP contribution >= 0.6 is 0 Å². The lowest BCUT2D eigenvalue weighted by Crippen LogP contribution is -2.51. The highest BCUT2D eigenvalue weighted by Gasteiger charge is 2.55. The average Bonchev–Trinajstić information content (AvgIpc) is 2.94. The number of allylic oxidation sites excluding steroid dienone is 5. The number of aryl methyl sites for hydroxylation is 2. The molecule has 0 aromatic heterocycles. The van der Waals surface area contributed by atoms with Gasteiger partial charge in [-0.05, 0) is 128 Å². The summed E-state index contributed by atoms with van der Waals surface area (Å²) in [6.07, 6.45) is 29.4. The summed E-state index contributed by atoms with van der Waals surface area (Å²) in [5.74, 6) is 3.22. The van der Waals surface area contributed by atoms with Crippen LogP contribution in [0.15, 0.2) is 53.6 Å². The highest BCUT2D eigenvalue weighted by molar-refractivity contribution is 5.42. The smallest absolute Gasteiger partial charge is 0.00384 e. The van der Waals surface area contributed by atoms with E-state index in [1.165, 1.54) is 88.2 Å². The summed E-state index contributed by atoms with van der Waals surface area (Å²) in [5.41, 5.74) is 11.1. The van der Waals surface area contributed by atoms with Gasteiger partial charge in [0.1, 0.15) is 0 Å². The fourth-order valence-corrected chi connectivity index (χ4v) is 10.5. The molecule has 2 saturated carbocycles. The van der Waals surface area contributed by atoms with Crippen molar-refractivity contribution in [1.82, 2.24) is 0 Å². The van der Waals surface area contributed by atoms with Crippen molar-refractivity contribution >= 4 is 0 Å². The topological polar surface area (TPSA) is 0 Å². The van der Waals surface area contributed by atoms with E-state index >= 15 is 0 Å². The quantitative estimate of drug-likeness (QED) is 0.259. The standard InChI is InChI=1S/C19H26.C19H30.C2H2/c1-13(2)16-6-5-11-19(4)17(16)10-9-15-8-7-14(3)12-18(15)19;1-5-19-12-10-16-9-8-14(2)13-17(16)18(19,4)11-6-7-15(19)3;1-2/h7-8,12,16-17H,1,5-6,9-11H2,2-4H3;8-9,14-15H,5-7,10-13H2,1-4H3;1-2H/t;14?,15?,18-,19?;/m.1./s1. The summed E-state index contributed by atoms with van der Waals surface area (Å²) in [6, 6.07) is 7.11. The molecule has 7 atom stereocenters. The Morgan fingerprint density at radius 1 is 1.00 bits per heavy atom. The van der Waals surface area contributed by atoms with E-state index in [0.29, 0.717) is 16.2 Å². The molecule has 0 bridgehead atoms. The van der Waals surface area contributed by atoms with Gasteiger partial charge in [-0.25, -0.2) is 0 Å². The van der Waals surface area contributed by atoms with Crippen molar-refractivity contribution in [1.29, 1.82) is 0 Å². The lowest BCUT2D eigenvalue weighted by Gasteiger charge is -2.60. The molecule has 40 heavy (non-hydrogen) atoms. The van der Waals surface area contributed by atoms with Crippen LogP contribution in [0.4, 0.5) is 0 Å². The Kier molecular flexibility index (Phi) is 9.35. The molecule has 5 aliphatic carbocycles. The molecule has 1 aromatic rings. The molecule has 0 saturated heterocycles. The molecule has 2 fully saturated rings. The van der Waals surface area contributed by atoms with Gasteiger partial charge in [0.25, 0.3) is 0 Å². The van der Waals surface area contributed by atoms with Crippen LogP contribution in [0.3, 0.4) is 0 Å². The maximum absolute atomic E-state index is 4.27. The molecule has 0 aliphatic heterocycles. The van der Waals surface area contributed by atoms with Crippen molar-refractivity contribution in [2.45, 2.75) is 131 Å². The monoisotopic (exact) mass is 538 g/mol. The van der Waals surface area contributed by atoms with Crippen LogP contribution in [-0.2, 0) is 11.8 Å². The Morgan fingerprint density at radius 3 is 2.42 bits per heavy atom. The van der Waals surface area contributed by atoms with E-state index in [9.17, 15) is 0 Å². The van der Waals surface area contributed by atoms with Gasteiger partial charge in [-0.3, -0.25) is 0 Å². The SMILES string of the molecule is C#C.C=C(C)C1CCCC2(C)c3cc(C)ccc3CCC12.CCC12CCC3=C(CC(C)C=C3)[C@@]1(C)CCCC2C. The van der Waals surface area contributed by atoms with Gasteiger partial charge in [0, 0.05) is 0 Å². The number of benzene rings is 1. The number of hydrogen-bond donors (Lipinski definition) is 0. The van der Waals surface area contributed by atoms with Crippen LogP contribution in [0.25, 0.3) is 0 Å². The summed E-state index contributed by atoms with van der Waals surface area (Å²) >= 11 is 0. The number of rotatable bonds is 2. The van der Waals surface area contributed by atoms with Gasteiger partial charge in [0.2, 0.25) is 0 Å². The van der Waals surface area contributed by atoms with Crippen LogP contribution in [0.1, 0.15) is 129 Å². The lowest BCUT2D eigenvalue weighted by atomic mass is 9.44. The molecule has 0 nitrogen and oxygen atoms in total. The molecule has 0 heterocycles. The second-order valence-corrected chi connectivity index (χ2v) is 14.7. The first-order valence-electron chi connectivity index (χ1n) is 16.5. The lowest BCUT2D eigenvalue weighted by molar-refractivity contribution is -0.0437. The van der Waals surface area contributed by atoms with E-state index in [1.807, 2.05) is 5.57 Å². The third-order valence-corrected chi connectivity index (χ3v) is 12.8. The predicted octanol–water partition coefficient (Wildman–Crippen LogP) is 11.3. The Balaban J connectivity index is 0.000000174. The van der Waals surface area contributed by atoms with E-state index in [-0.39, 0.29) is 0 Å². The summed E-state index contributed by atoms with van der Waals surface area (Å²) in [7, 11) is 0. The number of fused-ring (bicyclic) bond motifs is 5. The van der Waals surface area contributed by atoms with Crippen molar-refractivity contribution in [2.75, 3.05) is 0 Å². The minimum Gasteiger partial charge on any atom is -0.124 e. The zero-order chi connectivity index (χ0) is 29.3. The van der Waals surface area contributed by atoms with E-state index in [4.69, 9.17) is 0 Å². The summed E-state index contributed by atoms with van der Waals surface area (Å²) in [4.78, 5) is 0. The molecule has 0 radical (unpaired) electrons. The summed E-state index contributed by atoms with van der Waals surface area (Å²) in [5, 5.41) is 0. The van der Waals surface area contributed by atoms with Crippen molar-refractivity contribution in [2.24, 2.45) is 34.5 Å². The predicted molar refractivity (Wildman–Crippen MR) is 175 cm³/mol. The molecule has 5 aliphatic rings. The summed E-state index contributed by atoms with van der Waals surface area (Å²) < 4.78 is 0. The van der Waals surface area contributed by atoms with Crippen molar-refractivity contribution in [3.8, 4) is 12.8 Å². The minimum absolute atomic E-state index is 0.390. The molecule has 1 aromatic carbocycles. The first-order valence-corrected chi connectivity index (χ1v) is 16.5. The zero-order valence-electron chi connectivity index (χ0n) is 27.0. The van der Waals surface area contributed by atoms with E-state index < -0.39 is 0 Å². The largest absolute Gasteiger partial charge is 0.124 e. The normalized spacial score (nSPS) is 37.7. The second kappa shape index (κ2) is 12.1.